The third kappa shape index (κ3) is 3.69. The number of nitrogens with one attached hydrogen (secondary N) is 2. The number of anilines is 1. The average molecular weight is 403 g/mol. The van der Waals surface area contributed by atoms with Gasteiger partial charge >= 0.3 is 0 Å². The molecule has 0 aromatic heterocycles. The van der Waals surface area contributed by atoms with Crippen molar-refractivity contribution in [2.24, 2.45) is 0 Å². The number of hydrazine groups is 1. The van der Waals surface area contributed by atoms with E-state index in [4.69, 9.17) is 0 Å². The topological polar surface area (TPSA) is 24.1 Å². The SMILES string of the molecule is Brc1c(I)cccc1CNNc1ccccc1. The van der Waals surface area contributed by atoms with Gasteiger partial charge in [0.2, 0.25) is 0 Å². The quantitative estimate of drug-likeness (QED) is 0.592. The first-order valence-corrected chi connectivity index (χ1v) is 7.11. The Hall–Kier alpha value is -0.590. The van der Waals surface area contributed by atoms with Crippen LogP contribution in [0.3, 0.4) is 0 Å². The van der Waals surface area contributed by atoms with Gasteiger partial charge in [0.15, 0.2) is 0 Å². The third-order valence-corrected chi connectivity index (χ3v) is 4.89. The molecule has 0 amide bonds. The van der Waals surface area contributed by atoms with Crippen molar-refractivity contribution in [3.8, 4) is 0 Å². The molecule has 17 heavy (non-hydrogen) atoms. The number of halogens is 2. The van der Waals surface area contributed by atoms with Crippen molar-refractivity contribution in [1.29, 1.82) is 0 Å². The summed E-state index contributed by atoms with van der Waals surface area (Å²) in [6.07, 6.45) is 0. The lowest BCUT2D eigenvalue weighted by Crippen LogP contribution is -2.21. The van der Waals surface area contributed by atoms with Crippen molar-refractivity contribution in [3.05, 3.63) is 62.1 Å². The van der Waals surface area contributed by atoms with Crippen LogP contribution in [0.1, 0.15) is 5.56 Å². The summed E-state index contributed by atoms with van der Waals surface area (Å²) < 4.78 is 2.38. The number of rotatable bonds is 4. The predicted octanol–water partition coefficient (Wildman–Crippen LogP) is 4.17. The van der Waals surface area contributed by atoms with E-state index in [9.17, 15) is 0 Å². The molecule has 2 aromatic rings. The average Bonchev–Trinajstić information content (AvgIpc) is 2.36. The van der Waals surface area contributed by atoms with Crippen molar-refractivity contribution in [1.82, 2.24) is 5.43 Å². The molecule has 0 atom stereocenters. The first-order valence-electron chi connectivity index (χ1n) is 5.24. The molecule has 0 heterocycles. The fraction of sp³-hybridized carbons (Fsp3) is 0.0769. The van der Waals surface area contributed by atoms with Gasteiger partial charge in [-0.25, -0.2) is 5.43 Å². The van der Waals surface area contributed by atoms with E-state index >= 15 is 0 Å². The van der Waals surface area contributed by atoms with E-state index in [-0.39, 0.29) is 0 Å². The van der Waals surface area contributed by atoms with Gasteiger partial charge in [-0.2, -0.15) is 0 Å². The second-order valence-corrected chi connectivity index (χ2v) is 5.51. The van der Waals surface area contributed by atoms with Crippen molar-refractivity contribution < 1.29 is 0 Å². The molecule has 2 rings (SSSR count). The molecule has 4 heteroatoms. The van der Waals surface area contributed by atoms with E-state index in [1.807, 2.05) is 30.3 Å². The zero-order valence-corrected chi connectivity index (χ0v) is 12.8. The van der Waals surface area contributed by atoms with Gasteiger partial charge in [-0.3, -0.25) is 0 Å². The summed E-state index contributed by atoms with van der Waals surface area (Å²) in [4.78, 5) is 0. The van der Waals surface area contributed by atoms with Gasteiger partial charge in [0, 0.05) is 20.3 Å². The minimum Gasteiger partial charge on any atom is -0.321 e. The van der Waals surface area contributed by atoms with Gasteiger partial charge in [-0.1, -0.05) is 30.3 Å². The molecule has 2 aromatic carbocycles. The third-order valence-electron chi connectivity index (χ3n) is 2.32. The lowest BCUT2D eigenvalue weighted by Gasteiger charge is -2.10. The Kier molecular flexibility index (Phi) is 4.82. The molecule has 0 spiro atoms. The maximum absolute atomic E-state index is 3.59. The van der Waals surface area contributed by atoms with Gasteiger partial charge in [-0.15, -0.1) is 0 Å². The lowest BCUT2D eigenvalue weighted by molar-refractivity contribution is 0.797. The minimum atomic E-state index is 0.770. The zero-order chi connectivity index (χ0) is 12.1. The molecule has 0 saturated heterocycles. The Labute approximate surface area is 123 Å². The van der Waals surface area contributed by atoms with Gasteiger partial charge < -0.3 is 5.43 Å². The van der Waals surface area contributed by atoms with Crippen LogP contribution in [0.2, 0.25) is 0 Å². The molecular weight excluding hydrogens is 391 g/mol. The Morgan fingerprint density at radius 2 is 1.76 bits per heavy atom. The van der Waals surface area contributed by atoms with E-state index in [1.165, 1.54) is 9.13 Å². The van der Waals surface area contributed by atoms with Crippen LogP contribution in [-0.4, -0.2) is 0 Å². The number of para-hydroxylation sites is 1. The second kappa shape index (κ2) is 6.37. The molecule has 0 aliphatic rings. The van der Waals surface area contributed by atoms with Gasteiger partial charge in [0.1, 0.15) is 0 Å². The van der Waals surface area contributed by atoms with Crippen LogP contribution < -0.4 is 10.9 Å². The number of hydrogen-bond acceptors (Lipinski definition) is 2. The normalized spacial score (nSPS) is 10.2. The molecule has 0 unspecified atom stereocenters. The standard InChI is InChI=1S/C13H12BrIN2/c14-13-10(5-4-8-12(13)15)9-16-17-11-6-2-1-3-7-11/h1-8,16-17H,9H2. The Balaban J connectivity index is 1.93. The van der Waals surface area contributed by atoms with E-state index in [0.717, 1.165) is 16.7 Å². The largest absolute Gasteiger partial charge is 0.321 e. The molecule has 2 nitrogen and oxygen atoms in total. The summed E-state index contributed by atoms with van der Waals surface area (Å²) in [5.41, 5.74) is 8.67. The van der Waals surface area contributed by atoms with Crippen LogP contribution in [0.5, 0.6) is 0 Å². The van der Waals surface area contributed by atoms with E-state index in [2.05, 4.69) is 67.6 Å². The fourth-order valence-electron chi connectivity index (χ4n) is 1.45. The van der Waals surface area contributed by atoms with Crippen LogP contribution in [0.4, 0.5) is 5.69 Å². The summed E-state index contributed by atoms with van der Waals surface area (Å²) in [5, 5.41) is 0. The Bertz CT molecular complexity index is 488. The summed E-state index contributed by atoms with van der Waals surface area (Å²) >= 11 is 5.91. The van der Waals surface area contributed by atoms with Crippen molar-refractivity contribution in [2.75, 3.05) is 5.43 Å². The highest BCUT2D eigenvalue weighted by molar-refractivity contribution is 14.1. The van der Waals surface area contributed by atoms with Gasteiger partial charge in [-0.05, 0) is 62.3 Å². The first kappa shape index (κ1) is 12.9. The molecule has 2 N–H and O–H groups in total. The van der Waals surface area contributed by atoms with Crippen LogP contribution in [0, 0.1) is 3.57 Å². The van der Waals surface area contributed by atoms with Crippen molar-refractivity contribution in [2.45, 2.75) is 6.54 Å². The summed E-state index contributed by atoms with van der Waals surface area (Å²) in [6, 6.07) is 16.3. The Morgan fingerprint density at radius 1 is 1.00 bits per heavy atom. The summed E-state index contributed by atoms with van der Waals surface area (Å²) in [5.74, 6) is 0. The summed E-state index contributed by atoms with van der Waals surface area (Å²) in [6.45, 7) is 0.770. The van der Waals surface area contributed by atoms with E-state index in [1.54, 1.807) is 0 Å². The molecular formula is C13H12BrIN2. The molecule has 0 radical (unpaired) electrons. The summed E-state index contributed by atoms with van der Waals surface area (Å²) in [7, 11) is 0. The molecule has 88 valence electrons. The highest BCUT2D eigenvalue weighted by Crippen LogP contribution is 2.23. The lowest BCUT2D eigenvalue weighted by atomic mass is 10.2. The van der Waals surface area contributed by atoms with Crippen LogP contribution in [0.15, 0.2) is 53.0 Å². The van der Waals surface area contributed by atoms with Crippen molar-refractivity contribution in [3.63, 3.8) is 0 Å². The highest BCUT2D eigenvalue weighted by Gasteiger charge is 2.02. The highest BCUT2D eigenvalue weighted by atomic mass is 127. The smallest absolute Gasteiger partial charge is 0.0487 e. The monoisotopic (exact) mass is 402 g/mol. The maximum atomic E-state index is 3.59. The maximum Gasteiger partial charge on any atom is 0.0487 e. The number of hydrogen-bond donors (Lipinski definition) is 2. The molecule has 0 fully saturated rings. The number of benzene rings is 2. The van der Waals surface area contributed by atoms with Crippen LogP contribution in [-0.2, 0) is 6.54 Å². The van der Waals surface area contributed by atoms with Gasteiger partial charge in [0.05, 0.1) is 0 Å². The van der Waals surface area contributed by atoms with Crippen LogP contribution in [0.25, 0.3) is 0 Å². The second-order valence-electron chi connectivity index (χ2n) is 3.56. The first-order chi connectivity index (χ1) is 8.27. The van der Waals surface area contributed by atoms with Crippen molar-refractivity contribution >= 4 is 44.2 Å². The fourth-order valence-corrected chi connectivity index (χ4v) is 2.41. The zero-order valence-electron chi connectivity index (χ0n) is 9.08. The molecule has 0 aliphatic carbocycles. The molecule has 0 bridgehead atoms. The van der Waals surface area contributed by atoms with Gasteiger partial charge in [0.25, 0.3) is 0 Å². The molecule has 0 saturated carbocycles. The molecule has 0 aliphatic heterocycles. The minimum absolute atomic E-state index is 0.770. The van der Waals surface area contributed by atoms with Crippen LogP contribution >= 0.6 is 38.5 Å². The Morgan fingerprint density at radius 3 is 2.53 bits per heavy atom. The van der Waals surface area contributed by atoms with E-state index in [0.29, 0.717) is 0 Å². The predicted molar refractivity (Wildman–Crippen MR) is 83.8 cm³/mol. The van der Waals surface area contributed by atoms with E-state index < -0.39 is 0 Å².